The normalized spacial score (nSPS) is 14.4. The lowest BCUT2D eigenvalue weighted by Crippen LogP contribution is -2.43. The van der Waals surface area contributed by atoms with Gasteiger partial charge in [-0.2, -0.15) is 0 Å². The Morgan fingerprint density at radius 1 is 1.00 bits per heavy atom. The Labute approximate surface area is 179 Å². The summed E-state index contributed by atoms with van der Waals surface area (Å²) in [6.07, 6.45) is 2.73. The largest absolute Gasteiger partial charge is 0.491 e. The number of ether oxygens (including phenoxy) is 1. The van der Waals surface area contributed by atoms with Crippen molar-refractivity contribution in [3.63, 3.8) is 0 Å². The number of carbonyl (C=O) groups is 2. The second kappa shape index (κ2) is 10.8. The number of amides is 2. The maximum absolute atomic E-state index is 12.5. The third kappa shape index (κ3) is 6.09. The molecule has 0 radical (unpaired) electrons. The molecule has 2 amide bonds. The van der Waals surface area contributed by atoms with Crippen LogP contribution >= 0.6 is 0 Å². The van der Waals surface area contributed by atoms with Crippen molar-refractivity contribution < 1.29 is 14.3 Å². The lowest BCUT2D eigenvalue weighted by atomic mass is 9.95. The minimum absolute atomic E-state index is 0.0247. The van der Waals surface area contributed by atoms with Crippen LogP contribution in [-0.2, 0) is 16.0 Å². The lowest BCUT2D eigenvalue weighted by molar-refractivity contribution is -0.135. The molecule has 1 heterocycles. The first-order valence-electron chi connectivity index (χ1n) is 10.8. The van der Waals surface area contributed by atoms with Crippen molar-refractivity contribution in [1.29, 1.82) is 0 Å². The van der Waals surface area contributed by atoms with Crippen LogP contribution in [0.25, 0.3) is 0 Å². The zero-order chi connectivity index (χ0) is 21.3. The van der Waals surface area contributed by atoms with E-state index in [9.17, 15) is 9.59 Å². The Hall–Kier alpha value is -2.82. The van der Waals surface area contributed by atoms with Gasteiger partial charge in [-0.05, 0) is 49.8 Å². The number of carbonyl (C=O) groups excluding carboxylic acids is 2. The summed E-state index contributed by atoms with van der Waals surface area (Å²) in [5.41, 5.74) is 3.39. The molecule has 1 aliphatic rings. The molecule has 2 aromatic carbocycles. The van der Waals surface area contributed by atoms with E-state index in [1.165, 1.54) is 5.56 Å². The lowest BCUT2D eigenvalue weighted by Gasteiger charge is -2.31. The van der Waals surface area contributed by atoms with E-state index in [1.54, 1.807) is 0 Å². The minimum atomic E-state index is -0.0247. The quantitative estimate of drug-likeness (QED) is 0.678. The molecule has 160 valence electrons. The van der Waals surface area contributed by atoms with Crippen molar-refractivity contribution in [2.75, 3.05) is 26.2 Å². The number of nitrogens with one attached hydrogen (secondary N) is 1. The van der Waals surface area contributed by atoms with Gasteiger partial charge in [-0.3, -0.25) is 9.59 Å². The number of benzene rings is 2. The second-order valence-electron chi connectivity index (χ2n) is 8.00. The van der Waals surface area contributed by atoms with Crippen molar-refractivity contribution in [2.45, 2.75) is 39.5 Å². The molecule has 3 rings (SSSR count). The molecule has 1 saturated heterocycles. The van der Waals surface area contributed by atoms with Crippen molar-refractivity contribution in [1.82, 2.24) is 10.2 Å². The third-order valence-corrected chi connectivity index (χ3v) is 5.75. The van der Waals surface area contributed by atoms with Crippen LogP contribution in [-0.4, -0.2) is 43.0 Å². The summed E-state index contributed by atoms with van der Waals surface area (Å²) in [6.45, 7) is 6.30. The number of likely N-dealkylation sites (tertiary alicyclic amines) is 1. The number of nitrogens with zero attached hydrogens (tertiary/aromatic N) is 1. The average molecular weight is 409 g/mol. The summed E-state index contributed by atoms with van der Waals surface area (Å²) in [5.74, 6) is 1.12. The standard InChI is InChI=1S/C25H32N2O3/c1-19-7-6-8-20(2)24(19)30-18-15-26-25(29)22-13-16-27(17-14-22)23(28)12-11-21-9-4-3-5-10-21/h3-10,22H,11-18H2,1-2H3,(H,26,29). The third-order valence-electron chi connectivity index (χ3n) is 5.75. The van der Waals surface area contributed by atoms with Crippen LogP contribution in [0.1, 0.15) is 36.0 Å². The molecule has 0 spiro atoms. The Kier molecular flexibility index (Phi) is 7.89. The van der Waals surface area contributed by atoms with Gasteiger partial charge in [0, 0.05) is 25.4 Å². The molecule has 0 unspecified atom stereocenters. The molecule has 1 aliphatic heterocycles. The molecule has 0 atom stereocenters. The van der Waals surface area contributed by atoms with Crippen molar-refractivity contribution in [3.8, 4) is 5.75 Å². The first-order valence-corrected chi connectivity index (χ1v) is 10.8. The zero-order valence-corrected chi connectivity index (χ0v) is 18.0. The van der Waals surface area contributed by atoms with E-state index in [1.807, 2.05) is 67.3 Å². The molecule has 5 nitrogen and oxygen atoms in total. The van der Waals surface area contributed by atoms with Gasteiger partial charge >= 0.3 is 0 Å². The molecular formula is C25H32N2O3. The van der Waals surface area contributed by atoms with Gasteiger partial charge in [-0.1, -0.05) is 48.5 Å². The van der Waals surface area contributed by atoms with Gasteiger partial charge in [0.2, 0.25) is 11.8 Å². The van der Waals surface area contributed by atoms with E-state index < -0.39 is 0 Å². The van der Waals surface area contributed by atoms with Crippen LogP contribution in [0.2, 0.25) is 0 Å². The number of hydrogen-bond acceptors (Lipinski definition) is 3. The summed E-state index contributed by atoms with van der Waals surface area (Å²) in [7, 11) is 0. The van der Waals surface area contributed by atoms with Crippen LogP contribution in [0, 0.1) is 19.8 Å². The van der Waals surface area contributed by atoms with Gasteiger partial charge in [-0.15, -0.1) is 0 Å². The monoisotopic (exact) mass is 408 g/mol. The van der Waals surface area contributed by atoms with Crippen LogP contribution < -0.4 is 10.1 Å². The number of rotatable bonds is 8. The van der Waals surface area contributed by atoms with Gasteiger partial charge in [0.15, 0.2) is 0 Å². The highest BCUT2D eigenvalue weighted by Crippen LogP contribution is 2.22. The molecule has 1 N–H and O–H groups in total. The van der Waals surface area contributed by atoms with Gasteiger partial charge in [0.25, 0.3) is 0 Å². The SMILES string of the molecule is Cc1cccc(C)c1OCCNC(=O)C1CCN(C(=O)CCc2ccccc2)CC1. The first kappa shape index (κ1) is 21.9. The number of aryl methyl sites for hydroxylation is 3. The molecule has 0 aromatic heterocycles. The summed E-state index contributed by atoms with van der Waals surface area (Å²) in [4.78, 5) is 26.8. The number of para-hydroxylation sites is 1. The topological polar surface area (TPSA) is 58.6 Å². The van der Waals surface area contributed by atoms with Crippen LogP contribution in [0.15, 0.2) is 48.5 Å². The Morgan fingerprint density at radius 3 is 2.33 bits per heavy atom. The highest BCUT2D eigenvalue weighted by Gasteiger charge is 2.26. The van der Waals surface area contributed by atoms with Crippen molar-refractivity contribution in [2.24, 2.45) is 5.92 Å². The van der Waals surface area contributed by atoms with Gasteiger partial charge in [0.05, 0.1) is 6.54 Å². The van der Waals surface area contributed by atoms with E-state index in [0.29, 0.717) is 32.7 Å². The highest BCUT2D eigenvalue weighted by atomic mass is 16.5. The van der Waals surface area contributed by atoms with Crippen molar-refractivity contribution >= 4 is 11.8 Å². The predicted molar refractivity (Wildman–Crippen MR) is 118 cm³/mol. The Balaban J connectivity index is 1.34. The van der Waals surface area contributed by atoms with Crippen LogP contribution in [0.4, 0.5) is 0 Å². The first-order chi connectivity index (χ1) is 14.5. The fraction of sp³-hybridized carbons (Fsp3) is 0.440. The number of piperidine rings is 1. The van der Waals surface area contributed by atoms with Crippen molar-refractivity contribution in [3.05, 3.63) is 65.2 Å². The molecule has 0 saturated carbocycles. The summed E-state index contributed by atoms with van der Waals surface area (Å²) in [6, 6.07) is 16.1. The molecule has 30 heavy (non-hydrogen) atoms. The molecule has 0 aliphatic carbocycles. The molecular weight excluding hydrogens is 376 g/mol. The molecule has 2 aromatic rings. The highest BCUT2D eigenvalue weighted by molar-refractivity contribution is 5.80. The fourth-order valence-corrected chi connectivity index (χ4v) is 3.94. The van der Waals surface area contributed by atoms with Crippen LogP contribution in [0.3, 0.4) is 0 Å². The number of hydrogen-bond donors (Lipinski definition) is 1. The zero-order valence-electron chi connectivity index (χ0n) is 18.0. The van der Waals surface area contributed by atoms with E-state index >= 15 is 0 Å². The van der Waals surface area contributed by atoms with Gasteiger partial charge in [0.1, 0.15) is 12.4 Å². The maximum atomic E-state index is 12.5. The molecule has 0 bridgehead atoms. The summed E-state index contributed by atoms with van der Waals surface area (Å²) >= 11 is 0. The smallest absolute Gasteiger partial charge is 0.223 e. The van der Waals surface area contributed by atoms with E-state index in [0.717, 1.165) is 36.1 Å². The Bertz CT molecular complexity index is 822. The fourth-order valence-electron chi connectivity index (χ4n) is 3.94. The second-order valence-corrected chi connectivity index (χ2v) is 8.00. The minimum Gasteiger partial charge on any atom is -0.491 e. The van der Waals surface area contributed by atoms with E-state index in [-0.39, 0.29) is 17.7 Å². The van der Waals surface area contributed by atoms with Crippen LogP contribution in [0.5, 0.6) is 5.75 Å². The average Bonchev–Trinajstić information content (AvgIpc) is 2.77. The molecule has 1 fully saturated rings. The van der Waals surface area contributed by atoms with E-state index in [4.69, 9.17) is 4.74 Å². The predicted octanol–water partition coefficient (Wildman–Crippen LogP) is 3.67. The van der Waals surface area contributed by atoms with E-state index in [2.05, 4.69) is 5.32 Å². The van der Waals surface area contributed by atoms with Gasteiger partial charge < -0.3 is 15.0 Å². The Morgan fingerprint density at radius 2 is 1.67 bits per heavy atom. The maximum Gasteiger partial charge on any atom is 0.223 e. The molecule has 5 heteroatoms. The summed E-state index contributed by atoms with van der Waals surface area (Å²) < 4.78 is 5.85. The summed E-state index contributed by atoms with van der Waals surface area (Å²) in [5, 5.41) is 2.98. The van der Waals surface area contributed by atoms with Gasteiger partial charge in [-0.25, -0.2) is 0 Å².